The lowest BCUT2D eigenvalue weighted by Gasteiger charge is -2.12. The molecule has 4 rings (SSSR count). The molecule has 0 radical (unpaired) electrons. The van der Waals surface area contributed by atoms with Crippen LogP contribution in [0.1, 0.15) is 12.5 Å². The Morgan fingerprint density at radius 3 is 2.82 bits per heavy atom. The van der Waals surface area contributed by atoms with E-state index in [1.807, 2.05) is 13.0 Å². The predicted molar refractivity (Wildman–Crippen MR) is 81.1 cm³/mol. The van der Waals surface area contributed by atoms with Crippen LogP contribution >= 0.6 is 0 Å². The average Bonchev–Trinajstić information content (AvgIpc) is 2.92. The topological polar surface area (TPSA) is 44.1 Å². The number of hydrogen-bond acceptors (Lipinski definition) is 3. The molecule has 0 fully saturated rings. The van der Waals surface area contributed by atoms with Crippen molar-refractivity contribution in [2.45, 2.75) is 19.4 Å². The van der Waals surface area contributed by atoms with Crippen LogP contribution < -0.4 is 10.3 Å². The van der Waals surface area contributed by atoms with Crippen LogP contribution in [0.4, 0.5) is 4.39 Å². The van der Waals surface area contributed by atoms with Gasteiger partial charge in [0.25, 0.3) is 5.56 Å². The number of ether oxygens (including phenoxy) is 1. The quantitative estimate of drug-likeness (QED) is 0.693. The molecule has 1 unspecified atom stereocenters. The maximum atomic E-state index is 13.2. The average molecular weight is 296 g/mol. The van der Waals surface area contributed by atoms with Gasteiger partial charge in [-0.3, -0.25) is 14.3 Å². The molecule has 0 aliphatic carbocycles. The molecule has 1 aromatic carbocycles. The smallest absolute Gasteiger partial charge is 0.262 e. The number of nitrogens with zero attached hydrogens (tertiary/aromatic N) is 2. The normalized spacial score (nSPS) is 16.5. The van der Waals surface area contributed by atoms with Gasteiger partial charge in [0, 0.05) is 18.3 Å². The summed E-state index contributed by atoms with van der Waals surface area (Å²) < 4.78 is 20.5. The van der Waals surface area contributed by atoms with Gasteiger partial charge < -0.3 is 4.74 Å². The van der Waals surface area contributed by atoms with E-state index in [1.54, 1.807) is 29.0 Å². The zero-order valence-corrected chi connectivity index (χ0v) is 11.9. The lowest BCUT2D eigenvalue weighted by Crippen LogP contribution is -2.22. The second-order valence-corrected chi connectivity index (χ2v) is 5.43. The van der Waals surface area contributed by atoms with E-state index in [2.05, 4.69) is 4.98 Å². The number of hydrogen-bond donors (Lipinski definition) is 0. The molecule has 0 spiro atoms. The van der Waals surface area contributed by atoms with Crippen LogP contribution in [0.3, 0.4) is 0 Å². The first-order valence-corrected chi connectivity index (χ1v) is 7.10. The van der Waals surface area contributed by atoms with Gasteiger partial charge in [0.05, 0.1) is 11.1 Å². The minimum absolute atomic E-state index is 0.0445. The van der Waals surface area contributed by atoms with E-state index in [4.69, 9.17) is 4.74 Å². The van der Waals surface area contributed by atoms with Crippen molar-refractivity contribution < 1.29 is 9.13 Å². The number of halogens is 1. The summed E-state index contributed by atoms with van der Waals surface area (Å²) >= 11 is 0. The molecule has 4 nitrogen and oxygen atoms in total. The van der Waals surface area contributed by atoms with E-state index in [0.29, 0.717) is 34.5 Å². The van der Waals surface area contributed by atoms with Gasteiger partial charge >= 0.3 is 0 Å². The second kappa shape index (κ2) is 4.66. The van der Waals surface area contributed by atoms with Crippen molar-refractivity contribution in [3.05, 3.63) is 64.3 Å². The molecular weight excluding hydrogens is 283 g/mol. The van der Waals surface area contributed by atoms with Crippen molar-refractivity contribution in [3.8, 4) is 11.4 Å². The minimum atomic E-state index is -0.336. The summed E-state index contributed by atoms with van der Waals surface area (Å²) in [5, 5.41) is 0. The molecule has 1 atom stereocenters. The van der Waals surface area contributed by atoms with Gasteiger partial charge in [-0.2, -0.15) is 0 Å². The van der Waals surface area contributed by atoms with E-state index in [9.17, 15) is 9.18 Å². The van der Waals surface area contributed by atoms with E-state index in [1.165, 1.54) is 12.1 Å². The Labute approximate surface area is 125 Å². The molecule has 3 heterocycles. The van der Waals surface area contributed by atoms with Gasteiger partial charge in [-0.25, -0.2) is 4.39 Å². The maximum absolute atomic E-state index is 13.2. The molecular formula is C17H13FN2O2. The van der Waals surface area contributed by atoms with Crippen molar-refractivity contribution in [1.29, 1.82) is 0 Å². The van der Waals surface area contributed by atoms with Gasteiger partial charge in [0.15, 0.2) is 5.75 Å². The fraction of sp³-hybridized carbons (Fsp3) is 0.176. The van der Waals surface area contributed by atoms with E-state index in [0.717, 1.165) is 0 Å². The van der Waals surface area contributed by atoms with Crippen LogP contribution in [0.5, 0.6) is 5.75 Å². The first-order chi connectivity index (χ1) is 10.6. The summed E-state index contributed by atoms with van der Waals surface area (Å²) in [5.74, 6) is 0.240. The second-order valence-electron chi connectivity index (χ2n) is 5.43. The number of fused-ring (bicyclic) bond motifs is 3. The van der Waals surface area contributed by atoms with Crippen LogP contribution in [-0.4, -0.2) is 15.7 Å². The largest absolute Gasteiger partial charge is 0.488 e. The van der Waals surface area contributed by atoms with E-state index in [-0.39, 0.29) is 17.5 Å². The van der Waals surface area contributed by atoms with Crippen LogP contribution in [0.25, 0.3) is 16.7 Å². The van der Waals surface area contributed by atoms with Gasteiger partial charge in [-0.15, -0.1) is 0 Å². The Hall–Kier alpha value is -2.69. The first kappa shape index (κ1) is 13.0. The molecule has 0 amide bonds. The summed E-state index contributed by atoms with van der Waals surface area (Å²) in [4.78, 5) is 17.2. The Balaban J connectivity index is 2.11. The Morgan fingerprint density at radius 1 is 1.27 bits per heavy atom. The summed E-state index contributed by atoms with van der Waals surface area (Å²) in [6.45, 7) is 1.93. The molecule has 1 aliphatic rings. The van der Waals surface area contributed by atoms with Crippen LogP contribution in [0.15, 0.2) is 47.4 Å². The number of rotatable bonds is 1. The number of aromatic nitrogens is 2. The summed E-state index contributed by atoms with van der Waals surface area (Å²) in [5.41, 5.74) is 2.43. The molecule has 1 aliphatic heterocycles. The van der Waals surface area contributed by atoms with Crippen molar-refractivity contribution in [2.24, 2.45) is 0 Å². The maximum Gasteiger partial charge on any atom is 0.262 e. The van der Waals surface area contributed by atoms with Crippen molar-refractivity contribution in [2.75, 3.05) is 0 Å². The highest BCUT2D eigenvalue weighted by Crippen LogP contribution is 2.33. The third-order valence-corrected chi connectivity index (χ3v) is 3.87. The molecule has 5 heteroatoms. The molecule has 2 aromatic heterocycles. The third kappa shape index (κ3) is 1.82. The van der Waals surface area contributed by atoms with E-state index < -0.39 is 0 Å². The van der Waals surface area contributed by atoms with Gasteiger partial charge in [0.2, 0.25) is 0 Å². The number of pyridine rings is 2. The Morgan fingerprint density at radius 2 is 2.05 bits per heavy atom. The van der Waals surface area contributed by atoms with Crippen LogP contribution in [0, 0.1) is 5.82 Å². The molecule has 22 heavy (non-hydrogen) atoms. The Bertz CT molecular complexity index is 932. The standard InChI is InChI=1S/C17H13FN2O2/c1-10-9-13-16(22-10)15-14(3-2-8-19-15)20(17(13)21)12-6-4-11(18)5-7-12/h2-8,10H,9H2,1H3. The lowest BCUT2D eigenvalue weighted by atomic mass is 10.1. The number of benzene rings is 1. The highest BCUT2D eigenvalue weighted by atomic mass is 19.1. The minimum Gasteiger partial charge on any atom is -0.488 e. The summed E-state index contributed by atoms with van der Waals surface area (Å²) in [7, 11) is 0. The van der Waals surface area contributed by atoms with Gasteiger partial charge in [-0.1, -0.05) is 0 Å². The van der Waals surface area contributed by atoms with Crippen molar-refractivity contribution in [1.82, 2.24) is 9.55 Å². The summed E-state index contributed by atoms with van der Waals surface area (Å²) in [6.07, 6.45) is 2.19. The molecule has 0 N–H and O–H groups in total. The lowest BCUT2D eigenvalue weighted by molar-refractivity contribution is 0.257. The predicted octanol–water partition coefficient (Wildman–Crippen LogP) is 2.85. The molecule has 0 bridgehead atoms. The molecule has 0 saturated heterocycles. The zero-order valence-electron chi connectivity index (χ0n) is 11.9. The fourth-order valence-corrected chi connectivity index (χ4v) is 2.92. The van der Waals surface area contributed by atoms with Crippen LogP contribution in [-0.2, 0) is 6.42 Å². The third-order valence-electron chi connectivity index (χ3n) is 3.87. The van der Waals surface area contributed by atoms with Crippen molar-refractivity contribution in [3.63, 3.8) is 0 Å². The highest BCUT2D eigenvalue weighted by molar-refractivity contribution is 5.84. The molecule has 110 valence electrons. The van der Waals surface area contributed by atoms with Crippen molar-refractivity contribution >= 4 is 11.0 Å². The Kier molecular flexibility index (Phi) is 2.76. The SMILES string of the molecule is CC1Cc2c(c3ncccc3n(-c3ccc(F)cc3)c2=O)O1. The molecule has 3 aromatic rings. The molecule has 0 saturated carbocycles. The van der Waals surface area contributed by atoms with Gasteiger partial charge in [-0.05, 0) is 43.3 Å². The van der Waals surface area contributed by atoms with Crippen LogP contribution in [0.2, 0.25) is 0 Å². The highest BCUT2D eigenvalue weighted by Gasteiger charge is 2.27. The zero-order chi connectivity index (χ0) is 15.3. The van der Waals surface area contributed by atoms with E-state index >= 15 is 0 Å². The first-order valence-electron chi connectivity index (χ1n) is 7.10. The summed E-state index contributed by atoms with van der Waals surface area (Å²) in [6, 6.07) is 9.46. The fourth-order valence-electron chi connectivity index (χ4n) is 2.92. The van der Waals surface area contributed by atoms with Gasteiger partial charge in [0.1, 0.15) is 17.4 Å². The monoisotopic (exact) mass is 296 g/mol.